The van der Waals surface area contributed by atoms with E-state index in [2.05, 4.69) is 22.5 Å². The summed E-state index contributed by atoms with van der Waals surface area (Å²) in [6.45, 7) is 4.25. The number of carbonyl (C=O) groups excluding carboxylic acids is 2. The SMILES string of the molecule is CC1CCN(c2ccc(NC(=O)CNC(=O)c3ccc(F)cc3)cc2)CC1. The summed E-state index contributed by atoms with van der Waals surface area (Å²) in [5.74, 6) is -0.360. The van der Waals surface area contributed by atoms with E-state index in [-0.39, 0.29) is 12.5 Å². The molecule has 0 radical (unpaired) electrons. The molecule has 142 valence electrons. The van der Waals surface area contributed by atoms with E-state index < -0.39 is 11.7 Å². The highest BCUT2D eigenvalue weighted by molar-refractivity contribution is 5.99. The third kappa shape index (κ3) is 5.29. The standard InChI is InChI=1S/C21H24FN3O2/c1-15-10-12-25(13-11-15)19-8-6-18(7-9-19)24-20(26)14-23-21(27)16-2-4-17(22)5-3-16/h2-9,15H,10-14H2,1H3,(H,23,27)(H,24,26). The molecule has 1 saturated heterocycles. The predicted molar refractivity (Wildman–Crippen MR) is 104 cm³/mol. The van der Waals surface area contributed by atoms with Gasteiger partial charge in [-0.3, -0.25) is 9.59 Å². The smallest absolute Gasteiger partial charge is 0.251 e. The van der Waals surface area contributed by atoms with Crippen LogP contribution in [0.1, 0.15) is 30.1 Å². The zero-order chi connectivity index (χ0) is 19.2. The van der Waals surface area contributed by atoms with Crippen LogP contribution in [0.2, 0.25) is 0 Å². The van der Waals surface area contributed by atoms with E-state index in [4.69, 9.17) is 0 Å². The van der Waals surface area contributed by atoms with Crippen LogP contribution in [0.4, 0.5) is 15.8 Å². The average molecular weight is 369 g/mol. The van der Waals surface area contributed by atoms with Crippen LogP contribution in [0.15, 0.2) is 48.5 Å². The van der Waals surface area contributed by atoms with Crippen molar-refractivity contribution in [1.82, 2.24) is 5.32 Å². The Balaban J connectivity index is 1.47. The first-order chi connectivity index (χ1) is 13.0. The van der Waals surface area contributed by atoms with Crippen molar-refractivity contribution in [3.63, 3.8) is 0 Å². The first-order valence-electron chi connectivity index (χ1n) is 9.20. The van der Waals surface area contributed by atoms with Gasteiger partial charge in [0.25, 0.3) is 5.91 Å². The van der Waals surface area contributed by atoms with Crippen molar-refractivity contribution < 1.29 is 14.0 Å². The van der Waals surface area contributed by atoms with E-state index in [1.807, 2.05) is 24.3 Å². The van der Waals surface area contributed by atoms with Crippen LogP contribution >= 0.6 is 0 Å². The number of anilines is 2. The number of carbonyl (C=O) groups is 2. The summed E-state index contributed by atoms with van der Waals surface area (Å²) < 4.78 is 12.9. The van der Waals surface area contributed by atoms with Crippen molar-refractivity contribution in [2.75, 3.05) is 29.9 Å². The van der Waals surface area contributed by atoms with Crippen LogP contribution in [-0.2, 0) is 4.79 Å². The first kappa shape index (κ1) is 18.9. The fraction of sp³-hybridized carbons (Fsp3) is 0.333. The Morgan fingerprint density at radius 1 is 1.04 bits per heavy atom. The lowest BCUT2D eigenvalue weighted by molar-refractivity contribution is -0.115. The molecule has 1 aliphatic heterocycles. The average Bonchev–Trinajstić information content (AvgIpc) is 2.68. The molecule has 2 N–H and O–H groups in total. The van der Waals surface area contributed by atoms with Crippen molar-refractivity contribution in [2.24, 2.45) is 5.92 Å². The van der Waals surface area contributed by atoms with Crippen molar-refractivity contribution in [3.05, 3.63) is 59.9 Å². The molecule has 1 heterocycles. The second-order valence-corrected chi connectivity index (χ2v) is 6.95. The maximum absolute atomic E-state index is 12.9. The molecule has 0 spiro atoms. The number of benzene rings is 2. The Hall–Kier alpha value is -2.89. The topological polar surface area (TPSA) is 61.4 Å². The van der Waals surface area contributed by atoms with Crippen molar-refractivity contribution in [2.45, 2.75) is 19.8 Å². The van der Waals surface area contributed by atoms with Gasteiger partial charge in [-0.25, -0.2) is 4.39 Å². The van der Waals surface area contributed by atoms with E-state index in [1.165, 1.54) is 37.1 Å². The third-order valence-electron chi connectivity index (χ3n) is 4.82. The maximum atomic E-state index is 12.9. The van der Waals surface area contributed by atoms with Crippen LogP contribution in [0.5, 0.6) is 0 Å². The molecule has 0 atom stereocenters. The van der Waals surface area contributed by atoms with Crippen LogP contribution in [0.3, 0.4) is 0 Å². The minimum absolute atomic E-state index is 0.151. The highest BCUT2D eigenvalue weighted by Gasteiger charge is 2.16. The van der Waals surface area contributed by atoms with Gasteiger partial charge >= 0.3 is 0 Å². The summed E-state index contributed by atoms with van der Waals surface area (Å²) in [5.41, 5.74) is 2.15. The van der Waals surface area contributed by atoms with Crippen molar-refractivity contribution >= 4 is 23.2 Å². The summed E-state index contributed by atoms with van der Waals surface area (Å²) in [4.78, 5) is 26.3. The molecule has 0 aromatic heterocycles. The summed E-state index contributed by atoms with van der Waals surface area (Å²) in [6, 6.07) is 12.9. The Bertz CT molecular complexity index is 782. The molecule has 0 aliphatic carbocycles. The monoisotopic (exact) mass is 369 g/mol. The quantitative estimate of drug-likeness (QED) is 0.849. The number of amides is 2. The molecule has 1 aliphatic rings. The Morgan fingerprint density at radius 3 is 2.30 bits per heavy atom. The molecule has 2 aromatic carbocycles. The minimum atomic E-state index is -0.417. The second-order valence-electron chi connectivity index (χ2n) is 6.95. The van der Waals surface area contributed by atoms with E-state index >= 15 is 0 Å². The van der Waals surface area contributed by atoms with Gasteiger partial charge in [0.2, 0.25) is 5.91 Å². The molecule has 27 heavy (non-hydrogen) atoms. The van der Waals surface area contributed by atoms with Crippen LogP contribution in [-0.4, -0.2) is 31.4 Å². The molecule has 5 nitrogen and oxygen atoms in total. The second kappa shape index (κ2) is 8.66. The molecule has 3 rings (SSSR count). The van der Waals surface area contributed by atoms with Gasteiger partial charge in [-0.05, 0) is 67.3 Å². The summed E-state index contributed by atoms with van der Waals surface area (Å²) >= 11 is 0. The lowest BCUT2D eigenvalue weighted by Crippen LogP contribution is -2.33. The lowest BCUT2D eigenvalue weighted by Gasteiger charge is -2.32. The highest BCUT2D eigenvalue weighted by atomic mass is 19.1. The Kier molecular flexibility index (Phi) is 6.06. The minimum Gasteiger partial charge on any atom is -0.372 e. The summed E-state index contributed by atoms with van der Waals surface area (Å²) in [5, 5.41) is 5.29. The molecule has 0 saturated carbocycles. The molecule has 6 heteroatoms. The normalized spacial score (nSPS) is 14.7. The largest absolute Gasteiger partial charge is 0.372 e. The molecule has 0 unspecified atom stereocenters. The highest BCUT2D eigenvalue weighted by Crippen LogP contribution is 2.24. The Labute approximate surface area is 158 Å². The van der Waals surface area contributed by atoms with Crippen molar-refractivity contribution in [3.8, 4) is 0 Å². The van der Waals surface area contributed by atoms with Gasteiger partial charge < -0.3 is 15.5 Å². The van der Waals surface area contributed by atoms with E-state index in [1.54, 1.807) is 0 Å². The number of halogens is 1. The van der Waals surface area contributed by atoms with E-state index in [9.17, 15) is 14.0 Å². The molecular weight excluding hydrogens is 345 g/mol. The van der Waals surface area contributed by atoms with Gasteiger partial charge in [0, 0.05) is 30.0 Å². The van der Waals surface area contributed by atoms with E-state index in [0.29, 0.717) is 11.3 Å². The number of hydrogen-bond acceptors (Lipinski definition) is 3. The van der Waals surface area contributed by atoms with Gasteiger partial charge in [-0.1, -0.05) is 6.92 Å². The summed E-state index contributed by atoms with van der Waals surface area (Å²) in [6.07, 6.45) is 2.40. The van der Waals surface area contributed by atoms with Gasteiger partial charge in [-0.15, -0.1) is 0 Å². The van der Waals surface area contributed by atoms with E-state index in [0.717, 1.165) is 24.7 Å². The lowest BCUT2D eigenvalue weighted by atomic mass is 9.99. The number of nitrogens with one attached hydrogen (secondary N) is 2. The van der Waals surface area contributed by atoms with Gasteiger partial charge in [0.15, 0.2) is 0 Å². The number of rotatable bonds is 5. The van der Waals surface area contributed by atoms with Gasteiger partial charge in [0.05, 0.1) is 6.54 Å². The van der Waals surface area contributed by atoms with Crippen LogP contribution in [0.25, 0.3) is 0 Å². The van der Waals surface area contributed by atoms with Gasteiger partial charge in [0.1, 0.15) is 5.82 Å². The van der Waals surface area contributed by atoms with Crippen LogP contribution < -0.4 is 15.5 Å². The number of piperidine rings is 1. The predicted octanol–water partition coefficient (Wildman–Crippen LogP) is 3.43. The zero-order valence-electron chi connectivity index (χ0n) is 15.4. The number of nitrogens with zero attached hydrogens (tertiary/aromatic N) is 1. The molecular formula is C21H24FN3O2. The first-order valence-corrected chi connectivity index (χ1v) is 9.20. The van der Waals surface area contributed by atoms with Crippen LogP contribution in [0, 0.1) is 11.7 Å². The molecule has 2 amide bonds. The third-order valence-corrected chi connectivity index (χ3v) is 4.82. The fourth-order valence-electron chi connectivity index (χ4n) is 3.09. The zero-order valence-corrected chi connectivity index (χ0v) is 15.4. The van der Waals surface area contributed by atoms with Crippen molar-refractivity contribution in [1.29, 1.82) is 0 Å². The molecule has 0 bridgehead atoms. The Morgan fingerprint density at radius 2 is 1.67 bits per heavy atom. The summed E-state index contributed by atoms with van der Waals surface area (Å²) in [7, 11) is 0. The van der Waals surface area contributed by atoms with Gasteiger partial charge in [-0.2, -0.15) is 0 Å². The molecule has 1 fully saturated rings. The maximum Gasteiger partial charge on any atom is 0.251 e. The fourth-order valence-corrected chi connectivity index (χ4v) is 3.09. The molecule has 2 aromatic rings. The number of hydrogen-bond donors (Lipinski definition) is 2.